The fraction of sp³-hybridized carbons (Fsp3) is 0.600. The summed E-state index contributed by atoms with van der Waals surface area (Å²) in [5, 5.41) is 16.9. The maximum absolute atomic E-state index is 13.3. The minimum Gasteiger partial charge on any atom is -0.444 e. The van der Waals surface area contributed by atoms with Crippen LogP contribution in [-0.2, 0) is 16.6 Å². The molecule has 1 aliphatic heterocycles. The number of piperidine rings is 1. The van der Waals surface area contributed by atoms with Crippen LogP contribution in [0.5, 0.6) is 0 Å². The van der Waals surface area contributed by atoms with E-state index in [1.807, 2.05) is 62.7 Å². The Morgan fingerprint density at radius 1 is 1.10 bits per heavy atom. The molecule has 2 aliphatic rings. The second kappa shape index (κ2) is 12.1. The fourth-order valence-electron chi connectivity index (χ4n) is 5.80. The van der Waals surface area contributed by atoms with Crippen molar-refractivity contribution in [3.63, 3.8) is 0 Å². The van der Waals surface area contributed by atoms with Gasteiger partial charge in [-0.2, -0.15) is 5.26 Å². The third-order valence-electron chi connectivity index (χ3n) is 7.91. The van der Waals surface area contributed by atoms with Gasteiger partial charge in [-0.15, -0.1) is 0 Å². The van der Waals surface area contributed by atoms with Gasteiger partial charge in [-0.25, -0.2) is 4.79 Å². The molecular weight excluding hydrogens is 494 g/mol. The van der Waals surface area contributed by atoms with Crippen LogP contribution in [0.3, 0.4) is 0 Å². The number of carbonyl (C=O) groups is 3. The lowest BCUT2D eigenvalue weighted by atomic mass is 9.83. The van der Waals surface area contributed by atoms with Crippen molar-refractivity contribution in [3.8, 4) is 6.07 Å². The highest BCUT2D eigenvalue weighted by atomic mass is 16.6. The lowest BCUT2D eigenvalue weighted by molar-refractivity contribution is -0.127. The highest BCUT2D eigenvalue weighted by Crippen LogP contribution is 2.27. The van der Waals surface area contributed by atoms with Gasteiger partial charge in [0.25, 0.3) is 5.91 Å². The van der Waals surface area contributed by atoms with E-state index in [1.54, 1.807) is 4.90 Å². The molecular formula is C30H41N5O4. The summed E-state index contributed by atoms with van der Waals surface area (Å²) in [6, 6.07) is 11.1. The van der Waals surface area contributed by atoms with E-state index in [0.717, 1.165) is 43.0 Å². The number of benzene rings is 1. The molecule has 9 nitrogen and oxygen atoms in total. The largest absolute Gasteiger partial charge is 0.444 e. The van der Waals surface area contributed by atoms with Gasteiger partial charge in [0.1, 0.15) is 17.3 Å². The third-order valence-corrected chi connectivity index (χ3v) is 7.91. The Balaban J connectivity index is 1.32. The number of nitrogens with zero attached hydrogens (tertiary/aromatic N) is 3. The number of nitriles is 1. The number of fused-ring (bicyclic) bond motifs is 1. The van der Waals surface area contributed by atoms with Gasteiger partial charge in [0, 0.05) is 37.1 Å². The Labute approximate surface area is 230 Å². The van der Waals surface area contributed by atoms with Crippen LogP contribution in [-0.4, -0.2) is 58.1 Å². The lowest BCUT2D eigenvalue weighted by Gasteiger charge is -2.34. The molecule has 1 aromatic carbocycles. The second-order valence-electron chi connectivity index (χ2n) is 12.0. The van der Waals surface area contributed by atoms with Crippen LogP contribution in [0, 0.1) is 23.2 Å². The number of carbonyl (C=O) groups excluding carboxylic acids is 3. The quantitative estimate of drug-likeness (QED) is 0.564. The van der Waals surface area contributed by atoms with Gasteiger partial charge in [0.2, 0.25) is 5.91 Å². The number of aromatic nitrogens is 1. The number of aryl methyl sites for hydroxylation is 1. The van der Waals surface area contributed by atoms with Crippen molar-refractivity contribution in [1.82, 2.24) is 20.1 Å². The van der Waals surface area contributed by atoms with E-state index in [1.165, 1.54) is 0 Å². The first-order chi connectivity index (χ1) is 18.6. The summed E-state index contributed by atoms with van der Waals surface area (Å²) in [5.41, 5.74) is 1.01. The van der Waals surface area contributed by atoms with Crippen molar-refractivity contribution in [1.29, 1.82) is 5.26 Å². The van der Waals surface area contributed by atoms with Gasteiger partial charge in [0.05, 0.1) is 12.0 Å². The van der Waals surface area contributed by atoms with Gasteiger partial charge in [-0.05, 0) is 70.9 Å². The highest BCUT2D eigenvalue weighted by Gasteiger charge is 2.35. The zero-order valence-corrected chi connectivity index (χ0v) is 23.5. The number of hydrogen-bond donors (Lipinski definition) is 2. The number of hydrogen-bond acceptors (Lipinski definition) is 5. The van der Waals surface area contributed by atoms with Crippen LogP contribution in [0.4, 0.5) is 4.79 Å². The molecule has 2 fully saturated rings. The molecule has 0 spiro atoms. The summed E-state index contributed by atoms with van der Waals surface area (Å²) in [6.45, 7) is 6.71. The molecule has 3 atom stereocenters. The molecule has 1 unspecified atom stereocenters. The van der Waals surface area contributed by atoms with E-state index in [2.05, 4.69) is 16.7 Å². The van der Waals surface area contributed by atoms with Crippen molar-refractivity contribution < 1.29 is 19.1 Å². The Morgan fingerprint density at radius 3 is 2.46 bits per heavy atom. The summed E-state index contributed by atoms with van der Waals surface area (Å²) in [6.07, 6.45) is 5.04. The first-order valence-corrected chi connectivity index (χ1v) is 14.1. The minimum absolute atomic E-state index is 0.171. The van der Waals surface area contributed by atoms with Crippen molar-refractivity contribution in [2.24, 2.45) is 18.9 Å². The molecule has 1 aliphatic carbocycles. The van der Waals surface area contributed by atoms with E-state index in [9.17, 15) is 19.6 Å². The normalized spacial score (nSPS) is 21.2. The van der Waals surface area contributed by atoms with Crippen LogP contribution in [0.1, 0.15) is 76.2 Å². The standard InChI is InChI=1S/C30H41N5O4/c1-30(2,3)39-29(38)35-15-13-20(14-16-35)17-22(19-31)32-27(36)23-10-6-7-11-24(23)33-28(37)26-18-21-9-5-8-12-25(21)34(26)4/h5,8-9,12,18,20,22-24H,6-7,10-11,13-17H2,1-4H3,(H,32,36)(H,33,37)/t22?,23-,24+/m1/s1. The summed E-state index contributed by atoms with van der Waals surface area (Å²) in [4.78, 5) is 40.6. The fourth-order valence-corrected chi connectivity index (χ4v) is 5.80. The number of ether oxygens (including phenoxy) is 1. The van der Waals surface area contributed by atoms with Crippen LogP contribution in [0.2, 0.25) is 0 Å². The van der Waals surface area contributed by atoms with E-state index in [0.29, 0.717) is 31.6 Å². The smallest absolute Gasteiger partial charge is 0.410 e. The average molecular weight is 536 g/mol. The van der Waals surface area contributed by atoms with Gasteiger partial charge >= 0.3 is 6.09 Å². The molecule has 1 saturated carbocycles. The summed E-state index contributed by atoms with van der Waals surface area (Å²) >= 11 is 0. The maximum atomic E-state index is 13.3. The molecule has 2 N–H and O–H groups in total. The zero-order chi connectivity index (χ0) is 28.2. The van der Waals surface area contributed by atoms with Crippen LogP contribution in [0.25, 0.3) is 10.9 Å². The van der Waals surface area contributed by atoms with Gasteiger partial charge in [0.15, 0.2) is 0 Å². The van der Waals surface area contributed by atoms with Crippen molar-refractivity contribution in [2.45, 2.75) is 83.4 Å². The lowest BCUT2D eigenvalue weighted by Crippen LogP contribution is -2.50. The van der Waals surface area contributed by atoms with Crippen LogP contribution < -0.4 is 10.6 Å². The zero-order valence-electron chi connectivity index (χ0n) is 23.5. The van der Waals surface area contributed by atoms with Crippen molar-refractivity contribution >= 4 is 28.8 Å². The number of para-hydroxylation sites is 1. The van der Waals surface area contributed by atoms with Crippen molar-refractivity contribution in [2.75, 3.05) is 13.1 Å². The Morgan fingerprint density at radius 2 is 1.79 bits per heavy atom. The van der Waals surface area contributed by atoms with Crippen LogP contribution in [0.15, 0.2) is 30.3 Å². The summed E-state index contributed by atoms with van der Waals surface area (Å²) < 4.78 is 7.35. The second-order valence-corrected chi connectivity index (χ2v) is 12.0. The van der Waals surface area contributed by atoms with Crippen molar-refractivity contribution in [3.05, 3.63) is 36.0 Å². The van der Waals surface area contributed by atoms with Gasteiger partial charge in [-0.1, -0.05) is 31.0 Å². The molecule has 210 valence electrons. The van der Waals surface area contributed by atoms with E-state index in [4.69, 9.17) is 4.74 Å². The molecule has 3 amide bonds. The summed E-state index contributed by atoms with van der Waals surface area (Å²) in [7, 11) is 1.87. The molecule has 0 bridgehead atoms. The summed E-state index contributed by atoms with van der Waals surface area (Å²) in [5.74, 6) is -0.494. The number of likely N-dealkylation sites (tertiary alicyclic amines) is 1. The first-order valence-electron chi connectivity index (χ1n) is 14.1. The van der Waals surface area contributed by atoms with E-state index < -0.39 is 11.6 Å². The minimum atomic E-state index is -0.605. The predicted octanol–water partition coefficient (Wildman–Crippen LogP) is 4.51. The molecule has 1 aromatic heterocycles. The number of nitrogens with one attached hydrogen (secondary N) is 2. The van der Waals surface area contributed by atoms with Crippen LogP contribution >= 0.6 is 0 Å². The molecule has 39 heavy (non-hydrogen) atoms. The Kier molecular flexibility index (Phi) is 8.83. The molecule has 4 rings (SSSR count). The molecule has 2 heterocycles. The SMILES string of the molecule is Cn1c(C(=O)N[C@H]2CCCC[C@H]2C(=O)NC(C#N)CC2CCN(C(=O)OC(C)(C)C)CC2)cc2ccccc21. The maximum Gasteiger partial charge on any atom is 0.410 e. The topological polar surface area (TPSA) is 116 Å². The van der Waals surface area contributed by atoms with E-state index >= 15 is 0 Å². The highest BCUT2D eigenvalue weighted by molar-refractivity contribution is 5.99. The van der Waals surface area contributed by atoms with Gasteiger partial charge < -0.3 is 24.8 Å². The Bertz CT molecular complexity index is 1230. The Hall–Kier alpha value is -3.54. The van der Waals surface area contributed by atoms with E-state index in [-0.39, 0.29) is 35.8 Å². The molecule has 2 aromatic rings. The third kappa shape index (κ3) is 7.11. The average Bonchev–Trinajstić information content (AvgIpc) is 3.24. The number of rotatable bonds is 6. The molecule has 1 saturated heterocycles. The monoisotopic (exact) mass is 535 g/mol. The predicted molar refractivity (Wildman–Crippen MR) is 149 cm³/mol. The molecule has 9 heteroatoms. The first kappa shape index (κ1) is 28.5. The molecule has 0 radical (unpaired) electrons. The number of amides is 3. The van der Waals surface area contributed by atoms with Gasteiger partial charge in [-0.3, -0.25) is 9.59 Å².